The van der Waals surface area contributed by atoms with Crippen LogP contribution < -0.4 is 10.9 Å². The van der Waals surface area contributed by atoms with Crippen LogP contribution in [0.3, 0.4) is 0 Å². The summed E-state index contributed by atoms with van der Waals surface area (Å²) in [5, 5.41) is 12.6. The van der Waals surface area contributed by atoms with Gasteiger partial charge < -0.3 is 14.8 Å². The molecule has 1 heterocycles. The molecule has 0 saturated heterocycles. The zero-order valence-corrected chi connectivity index (χ0v) is 12.3. The third kappa shape index (κ3) is 3.21. The van der Waals surface area contributed by atoms with E-state index in [4.69, 9.17) is 16.6 Å². The Hall–Kier alpha value is -1.66. The van der Waals surface area contributed by atoms with Gasteiger partial charge in [-0.3, -0.25) is 0 Å². The third-order valence-electron chi connectivity index (χ3n) is 2.38. The van der Waals surface area contributed by atoms with Crippen LogP contribution in [-0.4, -0.2) is 10.1 Å². The molecule has 0 radical (unpaired) electrons. The van der Waals surface area contributed by atoms with Gasteiger partial charge in [-0.05, 0) is 31.2 Å². The molecule has 0 bridgehead atoms. The smallest absolute Gasteiger partial charge is 0.350 e. The highest BCUT2D eigenvalue weighted by Crippen LogP contribution is 2.18. The fourth-order valence-corrected chi connectivity index (χ4v) is 2.10. The SMILES string of the molecule is Cc1cc(O)c(C(=S)Nc2ccc(Br)cc2)c(=O)o1. The van der Waals surface area contributed by atoms with Crippen molar-refractivity contribution in [2.75, 3.05) is 5.32 Å². The minimum Gasteiger partial charge on any atom is -0.507 e. The lowest BCUT2D eigenvalue weighted by atomic mass is 10.2. The molecule has 0 unspecified atom stereocenters. The first-order valence-corrected chi connectivity index (χ1v) is 6.58. The monoisotopic (exact) mass is 339 g/mol. The zero-order chi connectivity index (χ0) is 14.0. The first-order valence-electron chi connectivity index (χ1n) is 5.38. The van der Waals surface area contributed by atoms with Crippen LogP contribution >= 0.6 is 28.1 Å². The number of hydrogen-bond donors (Lipinski definition) is 2. The summed E-state index contributed by atoms with van der Waals surface area (Å²) >= 11 is 8.43. The number of thiocarbonyl (C=S) groups is 1. The van der Waals surface area contributed by atoms with Crippen molar-refractivity contribution in [1.29, 1.82) is 0 Å². The summed E-state index contributed by atoms with van der Waals surface area (Å²) in [5.74, 6) is 0.140. The van der Waals surface area contributed by atoms with E-state index < -0.39 is 5.63 Å². The molecule has 0 aliphatic heterocycles. The summed E-state index contributed by atoms with van der Waals surface area (Å²) in [6.07, 6.45) is 0. The second-order valence-electron chi connectivity index (χ2n) is 3.87. The van der Waals surface area contributed by atoms with E-state index in [1.54, 1.807) is 19.1 Å². The first-order chi connectivity index (χ1) is 8.97. The molecular weight excluding hydrogens is 330 g/mol. The number of aryl methyl sites for hydroxylation is 1. The maximum Gasteiger partial charge on any atom is 0.350 e. The van der Waals surface area contributed by atoms with Crippen molar-refractivity contribution < 1.29 is 9.52 Å². The Kier molecular flexibility index (Phi) is 4.01. The van der Waals surface area contributed by atoms with E-state index in [0.717, 1.165) is 4.47 Å². The van der Waals surface area contributed by atoms with Crippen molar-refractivity contribution in [3.8, 4) is 5.75 Å². The second-order valence-corrected chi connectivity index (χ2v) is 5.19. The van der Waals surface area contributed by atoms with Gasteiger partial charge >= 0.3 is 5.63 Å². The topological polar surface area (TPSA) is 62.5 Å². The Morgan fingerprint density at radius 2 is 2.00 bits per heavy atom. The average molecular weight is 340 g/mol. The van der Waals surface area contributed by atoms with Crippen molar-refractivity contribution in [3.63, 3.8) is 0 Å². The van der Waals surface area contributed by atoms with Gasteiger partial charge in [0.2, 0.25) is 0 Å². The highest BCUT2D eigenvalue weighted by atomic mass is 79.9. The van der Waals surface area contributed by atoms with Crippen LogP contribution in [0.1, 0.15) is 11.3 Å². The summed E-state index contributed by atoms with van der Waals surface area (Å²) < 4.78 is 5.85. The van der Waals surface area contributed by atoms with E-state index in [1.165, 1.54) is 6.07 Å². The molecular formula is C13H10BrNO3S. The Morgan fingerprint density at radius 3 is 2.58 bits per heavy atom. The molecule has 98 valence electrons. The minimum atomic E-state index is -0.660. The molecule has 0 amide bonds. The second kappa shape index (κ2) is 5.54. The maximum absolute atomic E-state index is 11.7. The van der Waals surface area contributed by atoms with E-state index in [0.29, 0.717) is 11.4 Å². The van der Waals surface area contributed by atoms with Crippen molar-refractivity contribution in [2.24, 2.45) is 0 Å². The molecule has 2 aromatic rings. The van der Waals surface area contributed by atoms with Crippen LogP contribution in [0.5, 0.6) is 5.75 Å². The van der Waals surface area contributed by atoms with E-state index in [1.807, 2.05) is 12.1 Å². The van der Waals surface area contributed by atoms with E-state index >= 15 is 0 Å². The Labute approximate surface area is 123 Å². The molecule has 4 nitrogen and oxygen atoms in total. The van der Waals surface area contributed by atoms with Crippen LogP contribution in [0.4, 0.5) is 5.69 Å². The van der Waals surface area contributed by atoms with Gasteiger partial charge in [-0.25, -0.2) is 4.79 Å². The lowest BCUT2D eigenvalue weighted by Gasteiger charge is -2.08. The predicted octanol–water partition coefficient (Wildman–Crippen LogP) is 3.20. The van der Waals surface area contributed by atoms with Gasteiger partial charge in [0.05, 0.1) is 0 Å². The minimum absolute atomic E-state index is 0.0384. The summed E-state index contributed by atoms with van der Waals surface area (Å²) in [4.78, 5) is 11.8. The van der Waals surface area contributed by atoms with E-state index in [2.05, 4.69) is 21.2 Å². The highest BCUT2D eigenvalue weighted by Gasteiger charge is 2.14. The van der Waals surface area contributed by atoms with Gasteiger partial charge in [-0.15, -0.1) is 0 Å². The summed E-state index contributed by atoms with van der Waals surface area (Å²) in [5.41, 5.74) is 0.0169. The molecule has 6 heteroatoms. The molecule has 0 aliphatic carbocycles. The van der Waals surface area contributed by atoms with Crippen LogP contribution in [0.25, 0.3) is 0 Å². The summed E-state index contributed by atoms with van der Waals surface area (Å²) in [6, 6.07) is 8.61. The van der Waals surface area contributed by atoms with Crippen molar-refractivity contribution >= 4 is 38.8 Å². The number of hydrogen-bond acceptors (Lipinski definition) is 4. The molecule has 0 fully saturated rings. The molecule has 0 spiro atoms. The Bertz CT molecular complexity index is 679. The molecule has 2 N–H and O–H groups in total. The lowest BCUT2D eigenvalue weighted by Crippen LogP contribution is -2.20. The molecule has 0 saturated carbocycles. The van der Waals surface area contributed by atoms with Crippen molar-refractivity contribution in [2.45, 2.75) is 6.92 Å². The molecule has 2 rings (SSSR count). The van der Waals surface area contributed by atoms with Crippen molar-refractivity contribution in [1.82, 2.24) is 0 Å². The maximum atomic E-state index is 11.7. The summed E-state index contributed by atoms with van der Waals surface area (Å²) in [7, 11) is 0. The number of aromatic hydroxyl groups is 1. The molecule has 1 aromatic carbocycles. The number of benzene rings is 1. The Morgan fingerprint density at radius 1 is 1.37 bits per heavy atom. The quantitative estimate of drug-likeness (QED) is 0.822. The van der Waals surface area contributed by atoms with E-state index in [-0.39, 0.29) is 16.3 Å². The van der Waals surface area contributed by atoms with Gasteiger partial charge in [-0.1, -0.05) is 28.1 Å². The molecule has 1 aromatic heterocycles. The standard InChI is InChI=1S/C13H10BrNO3S/c1-7-6-10(16)11(13(17)18-7)12(19)15-9-4-2-8(14)3-5-9/h2-6,16H,1H3,(H,15,19). The Balaban J connectivity index is 2.30. The molecule has 19 heavy (non-hydrogen) atoms. The zero-order valence-electron chi connectivity index (χ0n) is 9.94. The largest absolute Gasteiger partial charge is 0.507 e. The fourth-order valence-electron chi connectivity index (χ4n) is 1.53. The van der Waals surface area contributed by atoms with Gasteiger partial charge in [0, 0.05) is 16.2 Å². The highest BCUT2D eigenvalue weighted by molar-refractivity contribution is 9.10. The van der Waals surface area contributed by atoms with Gasteiger partial charge in [0.25, 0.3) is 0 Å². The first kappa shape index (κ1) is 13.8. The average Bonchev–Trinajstić information content (AvgIpc) is 2.30. The van der Waals surface area contributed by atoms with Crippen LogP contribution in [0, 0.1) is 6.92 Å². The number of anilines is 1. The van der Waals surface area contributed by atoms with E-state index in [9.17, 15) is 9.90 Å². The number of halogens is 1. The predicted molar refractivity (Wildman–Crippen MR) is 80.8 cm³/mol. The third-order valence-corrected chi connectivity index (χ3v) is 3.22. The normalized spacial score (nSPS) is 10.2. The number of nitrogens with one attached hydrogen (secondary N) is 1. The fraction of sp³-hybridized carbons (Fsp3) is 0.0769. The van der Waals surface area contributed by atoms with Crippen molar-refractivity contribution in [3.05, 3.63) is 56.5 Å². The van der Waals surface area contributed by atoms with Crippen LogP contribution in [-0.2, 0) is 0 Å². The van der Waals surface area contributed by atoms with Gasteiger partial charge in [0.15, 0.2) is 0 Å². The summed E-state index contributed by atoms with van der Waals surface area (Å²) in [6.45, 7) is 1.58. The lowest BCUT2D eigenvalue weighted by molar-refractivity contribution is 0.433. The number of rotatable bonds is 2. The molecule has 0 atom stereocenters. The molecule has 0 aliphatic rings. The van der Waals surface area contributed by atoms with Gasteiger partial charge in [0.1, 0.15) is 22.1 Å². The van der Waals surface area contributed by atoms with Crippen LogP contribution in [0.15, 0.2) is 44.0 Å². The van der Waals surface area contributed by atoms with Gasteiger partial charge in [-0.2, -0.15) is 0 Å². The van der Waals surface area contributed by atoms with Crippen LogP contribution in [0.2, 0.25) is 0 Å².